The van der Waals surface area contributed by atoms with Gasteiger partial charge in [0.2, 0.25) is 0 Å². The summed E-state index contributed by atoms with van der Waals surface area (Å²) in [5, 5.41) is 8.83. The van der Waals surface area contributed by atoms with Crippen LogP contribution in [0.3, 0.4) is 0 Å². The Morgan fingerprint density at radius 1 is 1.05 bits per heavy atom. The molecule has 0 aliphatic heterocycles. The molecule has 0 aromatic heterocycles. The van der Waals surface area contributed by atoms with Crippen molar-refractivity contribution in [2.45, 2.75) is 6.42 Å². The average molecular weight is 270 g/mol. The first-order valence-electron chi connectivity index (χ1n) is 6.11. The van der Waals surface area contributed by atoms with E-state index in [-0.39, 0.29) is 5.56 Å². The Kier molecular flexibility index (Phi) is 4.15. The standard InChI is InChI=1S/C16H14O4/c1-20-15-12(10-11-6-3-2-4-7-11)8-5-9-13(15)14(17)16(18)19/h2-9H,10H2,1H3,(H,18,19). The lowest BCUT2D eigenvalue weighted by molar-refractivity contribution is -0.131. The molecule has 4 heteroatoms. The van der Waals surface area contributed by atoms with E-state index in [2.05, 4.69) is 0 Å². The summed E-state index contributed by atoms with van der Waals surface area (Å²) in [6, 6.07) is 14.6. The normalized spacial score (nSPS) is 10.1. The molecular formula is C16H14O4. The van der Waals surface area contributed by atoms with E-state index in [0.717, 1.165) is 11.1 Å². The third-order valence-corrected chi connectivity index (χ3v) is 2.98. The molecule has 0 atom stereocenters. The highest BCUT2D eigenvalue weighted by atomic mass is 16.5. The molecule has 1 N–H and O–H groups in total. The molecule has 20 heavy (non-hydrogen) atoms. The van der Waals surface area contributed by atoms with Gasteiger partial charge in [0.15, 0.2) is 0 Å². The Morgan fingerprint density at radius 3 is 2.35 bits per heavy atom. The molecule has 0 fully saturated rings. The van der Waals surface area contributed by atoms with Crippen molar-refractivity contribution in [1.82, 2.24) is 0 Å². The van der Waals surface area contributed by atoms with Crippen LogP contribution in [-0.4, -0.2) is 24.0 Å². The van der Waals surface area contributed by atoms with Gasteiger partial charge in [-0.25, -0.2) is 4.79 Å². The van der Waals surface area contributed by atoms with Gasteiger partial charge in [-0.1, -0.05) is 42.5 Å². The van der Waals surface area contributed by atoms with Crippen LogP contribution in [0.15, 0.2) is 48.5 Å². The summed E-state index contributed by atoms with van der Waals surface area (Å²) in [5.41, 5.74) is 1.92. The number of carboxylic acid groups (broad SMARTS) is 1. The van der Waals surface area contributed by atoms with Crippen LogP contribution in [0.25, 0.3) is 0 Å². The van der Waals surface area contributed by atoms with E-state index in [1.807, 2.05) is 36.4 Å². The lowest BCUT2D eigenvalue weighted by Crippen LogP contribution is -2.14. The average Bonchev–Trinajstić information content (AvgIpc) is 2.47. The van der Waals surface area contributed by atoms with Crippen molar-refractivity contribution in [3.63, 3.8) is 0 Å². The fourth-order valence-corrected chi connectivity index (χ4v) is 2.07. The Bertz CT molecular complexity index is 632. The van der Waals surface area contributed by atoms with Crippen LogP contribution in [-0.2, 0) is 11.2 Å². The second-order valence-electron chi connectivity index (χ2n) is 4.29. The predicted octanol–water partition coefficient (Wildman–Crippen LogP) is 2.55. The van der Waals surface area contributed by atoms with E-state index in [9.17, 15) is 9.59 Å². The summed E-state index contributed by atoms with van der Waals surface area (Å²) in [4.78, 5) is 22.5. The van der Waals surface area contributed by atoms with Crippen LogP contribution in [0.5, 0.6) is 5.75 Å². The molecule has 0 amide bonds. The van der Waals surface area contributed by atoms with Crippen molar-refractivity contribution in [1.29, 1.82) is 0 Å². The summed E-state index contributed by atoms with van der Waals surface area (Å²) in [7, 11) is 1.43. The Balaban J connectivity index is 2.42. The van der Waals surface area contributed by atoms with Gasteiger partial charge in [0.1, 0.15) is 5.75 Å². The monoisotopic (exact) mass is 270 g/mol. The Morgan fingerprint density at radius 2 is 1.75 bits per heavy atom. The second kappa shape index (κ2) is 6.02. The number of ketones is 1. The summed E-state index contributed by atoms with van der Waals surface area (Å²) in [6.07, 6.45) is 0.574. The molecule has 0 aliphatic carbocycles. The quantitative estimate of drug-likeness (QED) is 0.670. The van der Waals surface area contributed by atoms with E-state index >= 15 is 0 Å². The number of benzene rings is 2. The number of carbonyl (C=O) groups excluding carboxylic acids is 1. The highest BCUT2D eigenvalue weighted by Gasteiger charge is 2.21. The van der Waals surface area contributed by atoms with Crippen molar-refractivity contribution in [3.05, 3.63) is 65.2 Å². The van der Waals surface area contributed by atoms with Gasteiger partial charge in [-0.05, 0) is 17.2 Å². The van der Waals surface area contributed by atoms with Crippen LogP contribution in [0.4, 0.5) is 0 Å². The van der Waals surface area contributed by atoms with Gasteiger partial charge in [-0.2, -0.15) is 0 Å². The molecule has 0 aliphatic rings. The number of carboxylic acids is 1. The first-order valence-corrected chi connectivity index (χ1v) is 6.11. The molecule has 0 spiro atoms. The van der Waals surface area contributed by atoms with Crippen molar-refractivity contribution in [2.24, 2.45) is 0 Å². The highest BCUT2D eigenvalue weighted by molar-refractivity contribution is 6.40. The minimum Gasteiger partial charge on any atom is -0.496 e. The topological polar surface area (TPSA) is 63.6 Å². The van der Waals surface area contributed by atoms with E-state index < -0.39 is 11.8 Å². The molecule has 0 heterocycles. The molecule has 0 unspecified atom stereocenters. The lowest BCUT2D eigenvalue weighted by Gasteiger charge is -2.12. The first kappa shape index (κ1) is 13.8. The molecule has 0 saturated heterocycles. The van der Waals surface area contributed by atoms with Gasteiger partial charge in [0, 0.05) is 6.42 Å². The SMILES string of the molecule is COc1c(Cc2ccccc2)cccc1C(=O)C(=O)O. The Hall–Kier alpha value is -2.62. The third kappa shape index (κ3) is 2.85. The van der Waals surface area contributed by atoms with E-state index in [1.165, 1.54) is 13.2 Å². The van der Waals surface area contributed by atoms with Gasteiger partial charge in [0.05, 0.1) is 12.7 Å². The number of methoxy groups -OCH3 is 1. The number of hydrogen-bond donors (Lipinski definition) is 1. The van der Waals surface area contributed by atoms with Crippen molar-refractivity contribution < 1.29 is 19.4 Å². The fraction of sp³-hybridized carbons (Fsp3) is 0.125. The van der Waals surface area contributed by atoms with E-state index in [4.69, 9.17) is 9.84 Å². The van der Waals surface area contributed by atoms with Crippen LogP contribution < -0.4 is 4.74 Å². The smallest absolute Gasteiger partial charge is 0.377 e. The number of para-hydroxylation sites is 1. The van der Waals surface area contributed by atoms with Crippen LogP contribution in [0.2, 0.25) is 0 Å². The summed E-state index contributed by atoms with van der Waals surface area (Å²) in [5.74, 6) is -2.12. The van der Waals surface area contributed by atoms with Gasteiger partial charge < -0.3 is 9.84 Å². The largest absolute Gasteiger partial charge is 0.496 e. The second-order valence-corrected chi connectivity index (χ2v) is 4.29. The van der Waals surface area contributed by atoms with Crippen molar-refractivity contribution in [2.75, 3.05) is 7.11 Å². The minimum absolute atomic E-state index is 0.0773. The maximum atomic E-state index is 11.6. The maximum absolute atomic E-state index is 11.6. The molecule has 0 radical (unpaired) electrons. The summed E-state index contributed by atoms with van der Waals surface area (Å²) >= 11 is 0. The number of aliphatic carboxylic acids is 1. The summed E-state index contributed by atoms with van der Waals surface area (Å²) in [6.45, 7) is 0. The molecule has 0 bridgehead atoms. The highest BCUT2D eigenvalue weighted by Crippen LogP contribution is 2.26. The maximum Gasteiger partial charge on any atom is 0.377 e. The number of carbonyl (C=O) groups is 2. The molecule has 2 aromatic carbocycles. The van der Waals surface area contributed by atoms with E-state index in [1.54, 1.807) is 6.07 Å². The van der Waals surface area contributed by atoms with Gasteiger partial charge in [-0.3, -0.25) is 4.79 Å². The molecule has 2 aromatic rings. The molecule has 4 nitrogen and oxygen atoms in total. The third-order valence-electron chi connectivity index (χ3n) is 2.98. The van der Waals surface area contributed by atoms with Gasteiger partial charge >= 0.3 is 5.97 Å². The van der Waals surface area contributed by atoms with Gasteiger partial charge in [-0.15, -0.1) is 0 Å². The number of rotatable bonds is 5. The van der Waals surface area contributed by atoms with Crippen molar-refractivity contribution >= 4 is 11.8 Å². The van der Waals surface area contributed by atoms with E-state index in [0.29, 0.717) is 12.2 Å². The zero-order valence-corrected chi connectivity index (χ0v) is 11.0. The van der Waals surface area contributed by atoms with Crippen molar-refractivity contribution in [3.8, 4) is 5.75 Å². The molecule has 102 valence electrons. The van der Waals surface area contributed by atoms with Crippen LogP contribution in [0.1, 0.15) is 21.5 Å². The zero-order valence-electron chi connectivity index (χ0n) is 11.0. The fourth-order valence-electron chi connectivity index (χ4n) is 2.07. The predicted molar refractivity (Wildman–Crippen MR) is 74.2 cm³/mol. The number of Topliss-reactive ketones (excluding diaryl/α,β-unsaturated/α-hetero) is 1. The summed E-state index contributed by atoms with van der Waals surface area (Å²) < 4.78 is 5.24. The number of hydrogen-bond acceptors (Lipinski definition) is 3. The molecular weight excluding hydrogens is 256 g/mol. The minimum atomic E-state index is -1.49. The van der Waals surface area contributed by atoms with Crippen LogP contribution >= 0.6 is 0 Å². The number of ether oxygens (including phenoxy) is 1. The molecule has 2 rings (SSSR count). The lowest BCUT2D eigenvalue weighted by atomic mass is 9.99. The zero-order chi connectivity index (χ0) is 14.5. The first-order chi connectivity index (χ1) is 9.63. The Labute approximate surface area is 116 Å². The van der Waals surface area contributed by atoms with Crippen LogP contribution in [0, 0.1) is 0 Å². The van der Waals surface area contributed by atoms with Gasteiger partial charge in [0.25, 0.3) is 5.78 Å². The molecule has 0 saturated carbocycles.